The first-order chi connectivity index (χ1) is 10.5. The van der Waals surface area contributed by atoms with Crippen molar-refractivity contribution in [1.29, 1.82) is 0 Å². The molecule has 1 amide bonds. The Bertz CT molecular complexity index is 548. The zero-order valence-electron chi connectivity index (χ0n) is 13.4. The number of aryl methyl sites for hydroxylation is 2. The van der Waals surface area contributed by atoms with Crippen LogP contribution in [0.25, 0.3) is 0 Å². The molecule has 4 nitrogen and oxygen atoms in total. The van der Waals surface area contributed by atoms with Gasteiger partial charge in [-0.1, -0.05) is 6.07 Å². The summed E-state index contributed by atoms with van der Waals surface area (Å²) in [6.45, 7) is 1.98. The molecular weight excluding hydrogens is 276 g/mol. The van der Waals surface area contributed by atoms with E-state index in [1.807, 2.05) is 6.92 Å². The van der Waals surface area contributed by atoms with Gasteiger partial charge in [-0.05, 0) is 81.5 Å². The molecule has 0 unspecified atom stereocenters. The van der Waals surface area contributed by atoms with Crippen molar-refractivity contribution in [2.45, 2.75) is 69.9 Å². The topological polar surface area (TPSA) is 64.3 Å². The van der Waals surface area contributed by atoms with Crippen molar-refractivity contribution in [3.05, 3.63) is 29.3 Å². The van der Waals surface area contributed by atoms with E-state index in [0.717, 1.165) is 25.7 Å². The lowest BCUT2D eigenvalue weighted by Gasteiger charge is -2.37. The highest BCUT2D eigenvalue weighted by molar-refractivity contribution is 5.65. The van der Waals surface area contributed by atoms with E-state index in [9.17, 15) is 4.79 Å². The van der Waals surface area contributed by atoms with Crippen molar-refractivity contribution in [3.63, 3.8) is 0 Å². The van der Waals surface area contributed by atoms with Crippen LogP contribution in [0.4, 0.5) is 10.5 Å². The summed E-state index contributed by atoms with van der Waals surface area (Å²) in [6, 6.07) is 7.26. The first-order valence-corrected chi connectivity index (χ1v) is 8.41. The standard InChI is InChI=1S/C18H26N2O2/c1-18(22-17(19)21)10-8-15(9-11-18)20-16-7-6-13-4-2-3-5-14(13)12-16/h6-7,12,15,20H,2-5,8-11H2,1H3,(H2,19,21). The van der Waals surface area contributed by atoms with Crippen LogP contribution in [0, 0.1) is 0 Å². The van der Waals surface area contributed by atoms with E-state index in [4.69, 9.17) is 10.5 Å². The Balaban J connectivity index is 1.58. The Hall–Kier alpha value is -1.71. The number of nitrogens with one attached hydrogen (secondary N) is 1. The molecule has 0 aliphatic heterocycles. The van der Waals surface area contributed by atoms with Gasteiger partial charge in [-0.25, -0.2) is 4.79 Å². The molecule has 22 heavy (non-hydrogen) atoms. The lowest BCUT2D eigenvalue weighted by Crippen LogP contribution is -2.40. The van der Waals surface area contributed by atoms with E-state index in [-0.39, 0.29) is 5.60 Å². The molecule has 0 radical (unpaired) electrons. The van der Waals surface area contributed by atoms with Crippen LogP contribution in [-0.4, -0.2) is 17.7 Å². The van der Waals surface area contributed by atoms with Crippen molar-refractivity contribution in [2.75, 3.05) is 5.32 Å². The quantitative estimate of drug-likeness (QED) is 0.893. The highest BCUT2D eigenvalue weighted by Gasteiger charge is 2.34. The van der Waals surface area contributed by atoms with E-state index >= 15 is 0 Å². The first kappa shape index (κ1) is 15.2. The third kappa shape index (κ3) is 3.54. The molecule has 4 heteroatoms. The van der Waals surface area contributed by atoms with Gasteiger partial charge < -0.3 is 15.8 Å². The number of carbonyl (C=O) groups excluding carboxylic acids is 1. The number of ether oxygens (including phenoxy) is 1. The molecule has 1 aromatic rings. The van der Waals surface area contributed by atoms with E-state index in [1.165, 1.54) is 42.5 Å². The summed E-state index contributed by atoms with van der Waals surface area (Å²) in [5.41, 5.74) is 9.02. The largest absolute Gasteiger partial charge is 0.443 e. The normalized spacial score (nSPS) is 27.8. The Kier molecular flexibility index (Phi) is 4.27. The molecule has 0 saturated heterocycles. The second kappa shape index (κ2) is 6.19. The maximum atomic E-state index is 11.0. The average molecular weight is 302 g/mol. The Labute approximate surface area is 132 Å². The second-order valence-electron chi connectivity index (χ2n) is 6.98. The maximum absolute atomic E-state index is 11.0. The van der Waals surface area contributed by atoms with Crippen LogP contribution < -0.4 is 11.1 Å². The fraction of sp³-hybridized carbons (Fsp3) is 0.611. The minimum atomic E-state index is -0.663. The maximum Gasteiger partial charge on any atom is 0.405 e. The summed E-state index contributed by atoms with van der Waals surface area (Å²) in [4.78, 5) is 11.0. The number of hydrogen-bond donors (Lipinski definition) is 2. The van der Waals surface area contributed by atoms with Gasteiger partial charge in [-0.3, -0.25) is 0 Å². The molecule has 1 aromatic carbocycles. The zero-order valence-corrected chi connectivity index (χ0v) is 13.4. The molecule has 1 fully saturated rings. The number of anilines is 1. The van der Waals surface area contributed by atoms with Gasteiger partial charge in [-0.2, -0.15) is 0 Å². The second-order valence-corrected chi connectivity index (χ2v) is 6.98. The molecule has 2 aliphatic carbocycles. The van der Waals surface area contributed by atoms with Gasteiger partial charge in [0.05, 0.1) is 0 Å². The highest BCUT2D eigenvalue weighted by atomic mass is 16.6. The summed E-state index contributed by atoms with van der Waals surface area (Å²) in [7, 11) is 0. The molecule has 0 heterocycles. The van der Waals surface area contributed by atoms with Gasteiger partial charge in [0.2, 0.25) is 0 Å². The molecule has 1 saturated carbocycles. The number of hydrogen-bond acceptors (Lipinski definition) is 3. The average Bonchev–Trinajstić information content (AvgIpc) is 2.49. The SMILES string of the molecule is CC1(OC(N)=O)CCC(Nc2ccc3c(c2)CCCC3)CC1. The minimum absolute atomic E-state index is 0.389. The summed E-state index contributed by atoms with van der Waals surface area (Å²) < 4.78 is 5.26. The van der Waals surface area contributed by atoms with Crippen LogP contribution in [0.15, 0.2) is 18.2 Å². The van der Waals surface area contributed by atoms with Crippen molar-refractivity contribution in [3.8, 4) is 0 Å². The van der Waals surface area contributed by atoms with Crippen molar-refractivity contribution >= 4 is 11.8 Å². The van der Waals surface area contributed by atoms with Crippen LogP contribution >= 0.6 is 0 Å². The van der Waals surface area contributed by atoms with Gasteiger partial charge in [0.15, 0.2) is 0 Å². The summed E-state index contributed by atoms with van der Waals surface area (Å²) in [6.07, 6.45) is 8.12. The zero-order chi connectivity index (χ0) is 15.6. The van der Waals surface area contributed by atoms with Gasteiger partial charge in [-0.15, -0.1) is 0 Å². The van der Waals surface area contributed by atoms with Gasteiger partial charge >= 0.3 is 6.09 Å². The molecule has 0 bridgehead atoms. The van der Waals surface area contributed by atoms with Gasteiger partial charge in [0, 0.05) is 11.7 Å². The fourth-order valence-electron chi connectivity index (χ4n) is 3.78. The first-order valence-electron chi connectivity index (χ1n) is 8.41. The predicted octanol–water partition coefficient (Wildman–Crippen LogP) is 3.77. The Morgan fingerprint density at radius 1 is 1.23 bits per heavy atom. The van der Waals surface area contributed by atoms with Crippen molar-refractivity contribution in [2.24, 2.45) is 5.73 Å². The fourth-order valence-corrected chi connectivity index (χ4v) is 3.78. The summed E-state index contributed by atoms with van der Waals surface area (Å²) in [5, 5.41) is 3.65. The molecular formula is C18H26N2O2. The number of nitrogens with two attached hydrogens (primary N) is 1. The predicted molar refractivity (Wildman–Crippen MR) is 88.0 cm³/mol. The van der Waals surface area contributed by atoms with E-state index in [2.05, 4.69) is 23.5 Å². The Morgan fingerprint density at radius 3 is 2.59 bits per heavy atom. The summed E-state index contributed by atoms with van der Waals surface area (Å²) in [5.74, 6) is 0. The molecule has 0 aromatic heterocycles. The number of fused-ring (bicyclic) bond motifs is 1. The van der Waals surface area contributed by atoms with Crippen molar-refractivity contribution < 1.29 is 9.53 Å². The van der Waals surface area contributed by atoms with E-state index < -0.39 is 6.09 Å². The summed E-state index contributed by atoms with van der Waals surface area (Å²) >= 11 is 0. The van der Waals surface area contributed by atoms with Crippen LogP contribution in [0.2, 0.25) is 0 Å². The van der Waals surface area contributed by atoms with Crippen LogP contribution in [0.5, 0.6) is 0 Å². The van der Waals surface area contributed by atoms with Gasteiger partial charge in [0.25, 0.3) is 0 Å². The molecule has 3 N–H and O–H groups in total. The van der Waals surface area contributed by atoms with Crippen LogP contribution in [0.1, 0.15) is 56.6 Å². The van der Waals surface area contributed by atoms with Crippen LogP contribution in [-0.2, 0) is 17.6 Å². The van der Waals surface area contributed by atoms with Crippen LogP contribution in [0.3, 0.4) is 0 Å². The number of rotatable bonds is 3. The molecule has 2 aliphatic rings. The third-order valence-electron chi connectivity index (χ3n) is 5.11. The Morgan fingerprint density at radius 2 is 1.91 bits per heavy atom. The smallest absolute Gasteiger partial charge is 0.405 e. The lowest BCUT2D eigenvalue weighted by molar-refractivity contribution is 0.000853. The minimum Gasteiger partial charge on any atom is -0.443 e. The number of amides is 1. The number of benzene rings is 1. The van der Waals surface area contributed by atoms with Crippen molar-refractivity contribution in [1.82, 2.24) is 0 Å². The highest BCUT2D eigenvalue weighted by Crippen LogP contribution is 2.33. The van der Waals surface area contributed by atoms with Gasteiger partial charge in [0.1, 0.15) is 5.60 Å². The molecule has 120 valence electrons. The molecule has 3 rings (SSSR count). The van der Waals surface area contributed by atoms with E-state index in [1.54, 1.807) is 0 Å². The third-order valence-corrected chi connectivity index (χ3v) is 5.11. The van der Waals surface area contributed by atoms with E-state index in [0.29, 0.717) is 6.04 Å². The molecule has 0 atom stereocenters. The lowest BCUT2D eigenvalue weighted by atomic mass is 9.83. The molecule has 0 spiro atoms. The number of carbonyl (C=O) groups is 1. The monoisotopic (exact) mass is 302 g/mol. The number of primary amides is 1.